The predicted molar refractivity (Wildman–Crippen MR) is 104 cm³/mol. The number of rotatable bonds is 18. The summed E-state index contributed by atoms with van der Waals surface area (Å²) in [5.74, 6) is -1.49. The molecule has 1 rings (SSSR count). The molecule has 0 N–H and O–H groups in total. The van der Waals surface area contributed by atoms with Crippen LogP contribution in [0.2, 0.25) is 0 Å². The number of hydrogen-bond donors (Lipinski definition) is 0. The van der Waals surface area contributed by atoms with E-state index in [2.05, 4.69) is 11.9 Å². The van der Waals surface area contributed by atoms with Gasteiger partial charge in [0.2, 0.25) is 0 Å². The van der Waals surface area contributed by atoms with Gasteiger partial charge in [-0.25, -0.2) is 4.99 Å². The van der Waals surface area contributed by atoms with Gasteiger partial charge in [-0.15, -0.1) is 0 Å². The van der Waals surface area contributed by atoms with Crippen molar-refractivity contribution in [3.8, 4) is 0 Å². The van der Waals surface area contributed by atoms with Crippen molar-refractivity contribution in [3.63, 3.8) is 0 Å². The van der Waals surface area contributed by atoms with Crippen LogP contribution < -0.4 is 39.8 Å². The molecule has 1 aliphatic heterocycles. The summed E-state index contributed by atoms with van der Waals surface area (Å²) in [6.45, 7) is 3.39. The Morgan fingerprint density at radius 2 is 1.55 bits per heavy atom. The number of carbonyl (C=O) groups excluding carboxylic acids is 2. The third-order valence-electron chi connectivity index (χ3n) is 5.44. The van der Waals surface area contributed by atoms with E-state index < -0.39 is 18.5 Å². The smallest absolute Gasteiger partial charge is 0.548 e. The minimum Gasteiger partial charge on any atom is -0.548 e. The fourth-order valence-corrected chi connectivity index (χ4v) is 3.87. The van der Waals surface area contributed by atoms with Gasteiger partial charge in [-0.3, -0.25) is 4.48 Å². The maximum absolute atomic E-state index is 11.3. The molecule has 1 unspecified atom stereocenters. The molecule has 0 aliphatic carbocycles. The average Bonchev–Trinajstić information content (AvgIpc) is 3.02. The Kier molecular flexibility index (Phi) is 17.0. The van der Waals surface area contributed by atoms with E-state index in [9.17, 15) is 19.8 Å². The molecule has 1 aliphatic rings. The zero-order chi connectivity index (χ0) is 20.7. The van der Waals surface area contributed by atoms with Crippen molar-refractivity contribution >= 4 is 17.8 Å². The number of carboxylic acid groups (broad SMARTS) is 2. The van der Waals surface area contributed by atoms with E-state index in [1.165, 1.54) is 51.4 Å². The molecule has 29 heavy (non-hydrogen) atoms. The summed E-state index contributed by atoms with van der Waals surface area (Å²) in [7, 11) is 0. The number of quaternary nitrogens is 1. The summed E-state index contributed by atoms with van der Waals surface area (Å²) in [5.41, 5.74) is 0. The molecule has 0 bridgehead atoms. The van der Waals surface area contributed by atoms with E-state index >= 15 is 0 Å². The summed E-state index contributed by atoms with van der Waals surface area (Å²) in [6.07, 6.45) is 13.3. The molecule has 0 fully saturated rings. The molecule has 0 saturated heterocycles. The van der Waals surface area contributed by atoms with Crippen LogP contribution in [0.25, 0.3) is 0 Å². The van der Waals surface area contributed by atoms with Crippen LogP contribution in [0.4, 0.5) is 0 Å². The van der Waals surface area contributed by atoms with E-state index in [4.69, 9.17) is 4.74 Å². The fraction of sp³-hybridized carbons (Fsp3) is 0.857. The van der Waals surface area contributed by atoms with Gasteiger partial charge in [0, 0.05) is 6.42 Å². The first-order valence-corrected chi connectivity index (χ1v) is 10.9. The molecule has 162 valence electrons. The van der Waals surface area contributed by atoms with Gasteiger partial charge in [-0.1, -0.05) is 64.7 Å². The summed E-state index contributed by atoms with van der Waals surface area (Å²) in [6, 6.07) is 0. The van der Waals surface area contributed by atoms with Gasteiger partial charge in [0.1, 0.15) is 19.6 Å². The number of nitrogens with zero attached hydrogens (tertiary/aromatic N) is 2. The molecule has 0 aromatic heterocycles. The van der Waals surface area contributed by atoms with Gasteiger partial charge in [-0.2, -0.15) is 0 Å². The molecule has 0 saturated carbocycles. The van der Waals surface area contributed by atoms with Gasteiger partial charge < -0.3 is 24.5 Å². The SMILES string of the molecule is CCCCCCCCCCCCC1=NCC[N+]1(CCOCC(=O)[O-])CC(=O)[O-].[Na+]. The molecule has 0 aromatic rings. The van der Waals surface area contributed by atoms with Crippen molar-refractivity contribution in [2.45, 2.75) is 77.6 Å². The van der Waals surface area contributed by atoms with Gasteiger partial charge in [0.25, 0.3) is 0 Å². The number of carbonyl (C=O) groups is 2. The van der Waals surface area contributed by atoms with E-state index in [0.29, 0.717) is 19.6 Å². The van der Waals surface area contributed by atoms with Gasteiger partial charge >= 0.3 is 29.6 Å². The summed E-state index contributed by atoms with van der Waals surface area (Å²) < 4.78 is 5.30. The fourth-order valence-electron chi connectivity index (χ4n) is 3.87. The van der Waals surface area contributed by atoms with Crippen LogP contribution in [0.3, 0.4) is 0 Å². The molecular formula is C21H37N2NaO5. The first kappa shape index (κ1) is 28.5. The van der Waals surface area contributed by atoms with E-state index in [1.54, 1.807) is 0 Å². The van der Waals surface area contributed by atoms with Crippen molar-refractivity contribution in [2.24, 2.45) is 4.99 Å². The molecule has 0 spiro atoms. The Hall–Kier alpha value is -0.470. The van der Waals surface area contributed by atoms with E-state index in [1.807, 2.05) is 0 Å². The van der Waals surface area contributed by atoms with Crippen LogP contribution in [-0.4, -0.2) is 61.7 Å². The molecule has 8 heteroatoms. The Morgan fingerprint density at radius 1 is 0.966 bits per heavy atom. The van der Waals surface area contributed by atoms with Crippen LogP contribution in [0, 0.1) is 0 Å². The molecular weight excluding hydrogens is 383 g/mol. The largest absolute Gasteiger partial charge is 1.00 e. The van der Waals surface area contributed by atoms with Gasteiger partial charge in [0.05, 0.1) is 31.7 Å². The number of carboxylic acids is 2. The monoisotopic (exact) mass is 420 g/mol. The number of amidine groups is 1. The predicted octanol–water partition coefficient (Wildman–Crippen LogP) is -1.95. The third kappa shape index (κ3) is 12.7. The topological polar surface area (TPSA) is 102 Å². The number of hydrogen-bond acceptors (Lipinski definition) is 6. The molecule has 0 aromatic carbocycles. The maximum atomic E-state index is 11.3. The Labute approximate surface area is 197 Å². The van der Waals surface area contributed by atoms with Crippen molar-refractivity contribution in [2.75, 3.05) is 39.4 Å². The van der Waals surface area contributed by atoms with Gasteiger partial charge in [-0.05, 0) is 6.42 Å². The van der Waals surface area contributed by atoms with E-state index in [0.717, 1.165) is 25.1 Å². The second kappa shape index (κ2) is 17.2. The molecule has 1 atom stereocenters. The van der Waals surface area contributed by atoms with Crippen LogP contribution in [0.15, 0.2) is 4.99 Å². The van der Waals surface area contributed by atoms with Crippen LogP contribution in [-0.2, 0) is 14.3 Å². The van der Waals surface area contributed by atoms with Crippen molar-refractivity contribution in [1.29, 1.82) is 0 Å². The van der Waals surface area contributed by atoms with Crippen molar-refractivity contribution in [3.05, 3.63) is 0 Å². The third-order valence-corrected chi connectivity index (χ3v) is 5.44. The molecule has 7 nitrogen and oxygen atoms in total. The average molecular weight is 421 g/mol. The van der Waals surface area contributed by atoms with Crippen molar-refractivity contribution in [1.82, 2.24) is 0 Å². The van der Waals surface area contributed by atoms with Crippen LogP contribution in [0.5, 0.6) is 0 Å². The number of aliphatic carboxylic acids is 2. The first-order chi connectivity index (χ1) is 13.5. The first-order valence-electron chi connectivity index (χ1n) is 10.9. The Bertz CT molecular complexity index is 501. The maximum Gasteiger partial charge on any atom is 1.00 e. The molecule has 0 amide bonds. The van der Waals surface area contributed by atoms with Crippen molar-refractivity contribution < 1.29 is 58.6 Å². The van der Waals surface area contributed by atoms with Crippen LogP contribution >= 0.6 is 0 Å². The summed E-state index contributed by atoms with van der Waals surface area (Å²) >= 11 is 0. The number of unbranched alkanes of at least 4 members (excludes halogenated alkanes) is 9. The summed E-state index contributed by atoms with van der Waals surface area (Å²) in [5, 5.41) is 21.7. The Balaban J connectivity index is 0.00000784. The molecule has 1 heterocycles. The zero-order valence-electron chi connectivity index (χ0n) is 18.5. The van der Waals surface area contributed by atoms with Gasteiger partial charge in [0.15, 0.2) is 5.84 Å². The normalized spacial score (nSPS) is 18.3. The minimum absolute atomic E-state index is 0. The Morgan fingerprint density at radius 3 is 2.10 bits per heavy atom. The molecule has 0 radical (unpaired) electrons. The number of ether oxygens (including phenoxy) is 1. The van der Waals surface area contributed by atoms with Crippen LogP contribution in [0.1, 0.15) is 77.6 Å². The summed E-state index contributed by atoms with van der Waals surface area (Å²) in [4.78, 5) is 26.3. The standard InChI is InChI=1S/C21H38N2O5.Na/c1-2-3-4-5-6-7-8-9-10-11-12-19-22-13-14-23(19,17-20(24)25)15-16-28-18-21(26)27;/h2-18H2,1H3,(H-,24,25,26,27);/q;+1/p-1. The second-order valence-corrected chi connectivity index (χ2v) is 7.78. The van der Waals surface area contributed by atoms with E-state index in [-0.39, 0.29) is 47.2 Å². The minimum atomic E-state index is -1.27. The quantitative estimate of drug-likeness (QED) is 0.146. The number of aliphatic imine (C=N–C) groups is 1. The zero-order valence-corrected chi connectivity index (χ0v) is 20.5. The second-order valence-electron chi connectivity index (χ2n) is 7.78.